The third-order valence-corrected chi connectivity index (χ3v) is 5.19. The van der Waals surface area contributed by atoms with Crippen molar-refractivity contribution in [2.45, 2.75) is 32.8 Å². The fourth-order valence-electron chi connectivity index (χ4n) is 3.30. The third kappa shape index (κ3) is 6.53. The van der Waals surface area contributed by atoms with Crippen LogP contribution in [0.5, 0.6) is 5.75 Å². The van der Waals surface area contributed by atoms with E-state index in [0.717, 1.165) is 11.1 Å². The number of amides is 1. The van der Waals surface area contributed by atoms with Gasteiger partial charge in [0.25, 0.3) is 0 Å². The molecule has 6 nitrogen and oxygen atoms in total. The number of ether oxygens (including phenoxy) is 2. The van der Waals surface area contributed by atoms with Crippen LogP contribution >= 0.6 is 0 Å². The Balaban J connectivity index is 1.66. The molecule has 0 bridgehead atoms. The molecule has 3 rings (SSSR count). The van der Waals surface area contributed by atoms with Crippen molar-refractivity contribution < 1.29 is 23.9 Å². The van der Waals surface area contributed by atoms with E-state index < -0.39 is 12.1 Å². The lowest BCUT2D eigenvalue weighted by Crippen LogP contribution is -2.21. The van der Waals surface area contributed by atoms with Gasteiger partial charge in [0.05, 0.1) is 13.5 Å². The minimum Gasteiger partial charge on any atom is -0.497 e. The van der Waals surface area contributed by atoms with Crippen LogP contribution in [0.15, 0.2) is 72.8 Å². The topological polar surface area (TPSA) is 81.7 Å². The minimum absolute atomic E-state index is 0.0511. The lowest BCUT2D eigenvalue weighted by Gasteiger charge is -2.18. The Hall–Kier alpha value is -3.93. The summed E-state index contributed by atoms with van der Waals surface area (Å²) in [5, 5.41) is 2.83. The molecule has 0 aromatic heterocycles. The van der Waals surface area contributed by atoms with Crippen molar-refractivity contribution in [3.05, 3.63) is 95.1 Å². The van der Waals surface area contributed by atoms with Gasteiger partial charge in [0.2, 0.25) is 11.7 Å². The Kier molecular flexibility index (Phi) is 7.97. The molecule has 1 unspecified atom stereocenters. The number of hydrogen-bond acceptors (Lipinski definition) is 5. The standard InChI is InChI=1S/C27H27NO5/c1-18-9-10-19(2)23(17-18)28-24(29)15-16-25(30)33-27(21-7-5-4-6-8-21)26(31)20-11-13-22(32-3)14-12-20/h4-14,17,27H,15-16H2,1-3H3,(H,28,29). The summed E-state index contributed by atoms with van der Waals surface area (Å²) < 4.78 is 10.7. The summed E-state index contributed by atoms with van der Waals surface area (Å²) in [4.78, 5) is 38.1. The zero-order chi connectivity index (χ0) is 23.8. The molecule has 6 heteroatoms. The van der Waals surface area contributed by atoms with E-state index in [1.807, 2.05) is 38.1 Å². The molecule has 0 aliphatic rings. The highest BCUT2D eigenvalue weighted by Gasteiger charge is 2.26. The average Bonchev–Trinajstić information content (AvgIpc) is 2.83. The summed E-state index contributed by atoms with van der Waals surface area (Å²) in [6.45, 7) is 3.84. The number of methoxy groups -OCH3 is 1. The van der Waals surface area contributed by atoms with E-state index in [2.05, 4.69) is 5.32 Å². The Bertz CT molecular complexity index is 1120. The third-order valence-electron chi connectivity index (χ3n) is 5.19. The van der Waals surface area contributed by atoms with Gasteiger partial charge in [-0.3, -0.25) is 14.4 Å². The summed E-state index contributed by atoms with van der Waals surface area (Å²) in [6.07, 6.45) is -1.30. The molecule has 33 heavy (non-hydrogen) atoms. The van der Waals surface area contributed by atoms with Gasteiger partial charge in [0.1, 0.15) is 5.75 Å². The average molecular weight is 446 g/mol. The van der Waals surface area contributed by atoms with Gasteiger partial charge in [0.15, 0.2) is 6.10 Å². The number of hydrogen-bond donors (Lipinski definition) is 1. The van der Waals surface area contributed by atoms with E-state index in [9.17, 15) is 14.4 Å². The first-order valence-corrected chi connectivity index (χ1v) is 10.7. The van der Waals surface area contributed by atoms with E-state index in [0.29, 0.717) is 22.6 Å². The molecule has 1 atom stereocenters. The molecule has 3 aromatic carbocycles. The predicted molar refractivity (Wildman–Crippen MR) is 126 cm³/mol. The van der Waals surface area contributed by atoms with E-state index in [-0.39, 0.29) is 24.5 Å². The zero-order valence-electron chi connectivity index (χ0n) is 19.0. The van der Waals surface area contributed by atoms with Crippen LogP contribution < -0.4 is 10.1 Å². The molecule has 1 N–H and O–H groups in total. The summed E-state index contributed by atoms with van der Waals surface area (Å²) >= 11 is 0. The first-order chi connectivity index (χ1) is 15.9. The highest BCUT2D eigenvalue weighted by Crippen LogP contribution is 2.25. The molecule has 0 spiro atoms. The van der Waals surface area contributed by atoms with E-state index in [1.54, 1.807) is 55.6 Å². The van der Waals surface area contributed by atoms with Crippen LogP contribution in [-0.2, 0) is 14.3 Å². The number of carbonyl (C=O) groups is 3. The second-order valence-corrected chi connectivity index (χ2v) is 7.74. The molecule has 0 aliphatic heterocycles. The van der Waals surface area contributed by atoms with Crippen LogP contribution in [0, 0.1) is 13.8 Å². The molecule has 0 fully saturated rings. The SMILES string of the molecule is COc1ccc(C(=O)C(OC(=O)CCC(=O)Nc2cc(C)ccc2C)c2ccccc2)cc1. The van der Waals surface area contributed by atoms with E-state index in [1.165, 1.54) is 0 Å². The van der Waals surface area contributed by atoms with Crippen molar-refractivity contribution >= 4 is 23.3 Å². The Labute approximate surface area is 193 Å². The number of anilines is 1. The highest BCUT2D eigenvalue weighted by molar-refractivity contribution is 6.01. The van der Waals surface area contributed by atoms with Crippen LogP contribution in [0.4, 0.5) is 5.69 Å². The number of Topliss-reactive ketones (excluding diaryl/α,β-unsaturated/α-hetero) is 1. The number of benzene rings is 3. The van der Waals surface area contributed by atoms with Crippen LogP contribution in [0.1, 0.15) is 46.0 Å². The fraction of sp³-hybridized carbons (Fsp3) is 0.222. The summed E-state index contributed by atoms with van der Waals surface area (Å²) in [7, 11) is 1.54. The maximum Gasteiger partial charge on any atom is 0.307 e. The van der Waals surface area contributed by atoms with Gasteiger partial charge in [-0.15, -0.1) is 0 Å². The summed E-state index contributed by atoms with van der Waals surface area (Å²) in [6, 6.07) is 21.2. The lowest BCUT2D eigenvalue weighted by molar-refractivity contribution is -0.148. The van der Waals surface area contributed by atoms with Gasteiger partial charge >= 0.3 is 5.97 Å². The first-order valence-electron chi connectivity index (χ1n) is 10.7. The second-order valence-electron chi connectivity index (χ2n) is 7.74. The van der Waals surface area contributed by atoms with Gasteiger partial charge in [0, 0.05) is 23.2 Å². The normalized spacial score (nSPS) is 11.4. The van der Waals surface area contributed by atoms with Gasteiger partial charge in [-0.25, -0.2) is 0 Å². The van der Waals surface area contributed by atoms with Crippen LogP contribution in [0.3, 0.4) is 0 Å². The molecule has 0 saturated carbocycles. The number of nitrogens with one attached hydrogen (secondary N) is 1. The molecule has 1 amide bonds. The number of aryl methyl sites for hydroxylation is 2. The van der Waals surface area contributed by atoms with Crippen LogP contribution in [-0.4, -0.2) is 24.8 Å². The maximum absolute atomic E-state index is 13.1. The van der Waals surface area contributed by atoms with Crippen molar-refractivity contribution in [2.24, 2.45) is 0 Å². The van der Waals surface area contributed by atoms with Crippen molar-refractivity contribution in [2.75, 3.05) is 12.4 Å². The lowest BCUT2D eigenvalue weighted by atomic mass is 9.99. The number of rotatable bonds is 9. The van der Waals surface area contributed by atoms with Gasteiger partial charge in [-0.2, -0.15) is 0 Å². The van der Waals surface area contributed by atoms with Crippen molar-refractivity contribution in [3.8, 4) is 5.75 Å². The van der Waals surface area contributed by atoms with Crippen LogP contribution in [0.25, 0.3) is 0 Å². The Morgan fingerprint density at radius 1 is 0.879 bits per heavy atom. The highest BCUT2D eigenvalue weighted by atomic mass is 16.5. The van der Waals surface area contributed by atoms with Crippen LogP contribution in [0.2, 0.25) is 0 Å². The first kappa shape index (κ1) is 23.7. The van der Waals surface area contributed by atoms with Gasteiger partial charge in [-0.1, -0.05) is 42.5 Å². The second kappa shape index (κ2) is 11.1. The Morgan fingerprint density at radius 2 is 1.58 bits per heavy atom. The van der Waals surface area contributed by atoms with Crippen molar-refractivity contribution in [3.63, 3.8) is 0 Å². The molecular formula is C27H27NO5. The number of carbonyl (C=O) groups excluding carboxylic acids is 3. The monoisotopic (exact) mass is 445 g/mol. The molecule has 0 heterocycles. The summed E-state index contributed by atoms with van der Waals surface area (Å²) in [5.74, 6) is -0.646. The van der Waals surface area contributed by atoms with Gasteiger partial charge in [-0.05, 0) is 55.3 Å². The molecule has 0 saturated heterocycles. The molecule has 0 aliphatic carbocycles. The quantitative estimate of drug-likeness (QED) is 0.362. The van der Waals surface area contributed by atoms with E-state index in [4.69, 9.17) is 9.47 Å². The van der Waals surface area contributed by atoms with Gasteiger partial charge < -0.3 is 14.8 Å². The van der Waals surface area contributed by atoms with Crippen molar-refractivity contribution in [1.29, 1.82) is 0 Å². The number of ketones is 1. The predicted octanol–water partition coefficient (Wildman–Crippen LogP) is 5.20. The molecule has 170 valence electrons. The minimum atomic E-state index is -1.10. The van der Waals surface area contributed by atoms with E-state index >= 15 is 0 Å². The Morgan fingerprint density at radius 3 is 2.24 bits per heavy atom. The molecular weight excluding hydrogens is 418 g/mol. The molecule has 3 aromatic rings. The largest absolute Gasteiger partial charge is 0.497 e. The zero-order valence-corrected chi connectivity index (χ0v) is 19.0. The maximum atomic E-state index is 13.1. The fourth-order valence-corrected chi connectivity index (χ4v) is 3.30. The smallest absolute Gasteiger partial charge is 0.307 e. The number of esters is 1. The van der Waals surface area contributed by atoms with Crippen molar-refractivity contribution in [1.82, 2.24) is 0 Å². The molecule has 0 radical (unpaired) electrons. The summed E-state index contributed by atoms with van der Waals surface area (Å²) in [5.41, 5.74) is 3.63.